The fourth-order valence-electron chi connectivity index (χ4n) is 3.19. The number of rotatable bonds is 8. The molecular weight excluding hydrogens is 455 g/mol. The summed E-state index contributed by atoms with van der Waals surface area (Å²) in [5, 5.41) is 3.47. The van der Waals surface area contributed by atoms with Crippen LogP contribution in [0.25, 0.3) is 0 Å². The highest BCUT2D eigenvalue weighted by Crippen LogP contribution is 2.29. The molecular formula is C23H22Cl2N2O3S. The van der Waals surface area contributed by atoms with E-state index in [2.05, 4.69) is 5.32 Å². The number of anilines is 1. The zero-order valence-electron chi connectivity index (χ0n) is 16.8. The first kappa shape index (κ1) is 23.1. The lowest BCUT2D eigenvalue weighted by atomic mass is 10.0. The van der Waals surface area contributed by atoms with Crippen LogP contribution >= 0.6 is 23.2 Å². The van der Waals surface area contributed by atoms with Crippen LogP contribution in [0.4, 0.5) is 5.69 Å². The SMILES string of the molecule is CC[C@H](NC(=O)CN(c1cc(Cl)cc(Cl)c1)S(=O)(=O)c1ccccc1)c1ccccc1. The average Bonchev–Trinajstić information content (AvgIpc) is 2.76. The predicted octanol–water partition coefficient (Wildman–Crippen LogP) is 5.46. The second-order valence-corrected chi connectivity index (χ2v) is 9.63. The van der Waals surface area contributed by atoms with E-state index >= 15 is 0 Å². The number of nitrogens with one attached hydrogen (secondary N) is 1. The van der Waals surface area contributed by atoms with Crippen LogP contribution in [-0.2, 0) is 14.8 Å². The molecule has 0 aromatic heterocycles. The fourth-order valence-corrected chi connectivity index (χ4v) is 5.14. The molecule has 3 aromatic carbocycles. The zero-order valence-corrected chi connectivity index (χ0v) is 19.2. The van der Waals surface area contributed by atoms with Crippen molar-refractivity contribution in [1.82, 2.24) is 5.32 Å². The van der Waals surface area contributed by atoms with E-state index < -0.39 is 22.5 Å². The number of hydrogen-bond donors (Lipinski definition) is 1. The van der Waals surface area contributed by atoms with Crippen LogP contribution in [0.2, 0.25) is 10.0 Å². The third-order valence-corrected chi connectivity index (χ3v) is 6.92. The highest BCUT2D eigenvalue weighted by atomic mass is 35.5. The van der Waals surface area contributed by atoms with Crippen LogP contribution in [0.5, 0.6) is 0 Å². The van der Waals surface area contributed by atoms with E-state index in [1.165, 1.54) is 30.3 Å². The highest BCUT2D eigenvalue weighted by Gasteiger charge is 2.28. The maximum absolute atomic E-state index is 13.4. The highest BCUT2D eigenvalue weighted by molar-refractivity contribution is 7.92. The third-order valence-electron chi connectivity index (χ3n) is 4.70. The summed E-state index contributed by atoms with van der Waals surface area (Å²) >= 11 is 12.2. The van der Waals surface area contributed by atoms with Crippen molar-refractivity contribution in [2.24, 2.45) is 0 Å². The number of benzene rings is 3. The Bertz CT molecular complexity index is 1120. The van der Waals surface area contributed by atoms with Gasteiger partial charge in [-0.1, -0.05) is 78.7 Å². The van der Waals surface area contributed by atoms with Crippen molar-refractivity contribution in [2.45, 2.75) is 24.3 Å². The molecule has 1 atom stereocenters. The molecule has 5 nitrogen and oxygen atoms in total. The molecule has 0 radical (unpaired) electrons. The molecule has 1 N–H and O–H groups in total. The molecule has 0 heterocycles. The second-order valence-electron chi connectivity index (χ2n) is 6.89. The van der Waals surface area contributed by atoms with Gasteiger partial charge in [0.1, 0.15) is 6.54 Å². The summed E-state index contributed by atoms with van der Waals surface area (Å²) in [6.45, 7) is 1.53. The molecule has 0 unspecified atom stereocenters. The molecule has 0 aliphatic rings. The zero-order chi connectivity index (χ0) is 22.4. The van der Waals surface area contributed by atoms with Gasteiger partial charge in [0.05, 0.1) is 16.6 Å². The van der Waals surface area contributed by atoms with Gasteiger partial charge in [-0.25, -0.2) is 8.42 Å². The minimum Gasteiger partial charge on any atom is -0.348 e. The van der Waals surface area contributed by atoms with Crippen molar-refractivity contribution in [3.05, 3.63) is 94.5 Å². The van der Waals surface area contributed by atoms with Crippen molar-refractivity contribution >= 4 is 44.8 Å². The van der Waals surface area contributed by atoms with Crippen molar-refractivity contribution in [3.8, 4) is 0 Å². The fraction of sp³-hybridized carbons (Fsp3) is 0.174. The van der Waals surface area contributed by atoms with Gasteiger partial charge in [0.2, 0.25) is 5.91 Å². The molecule has 0 bridgehead atoms. The summed E-state index contributed by atoms with van der Waals surface area (Å²) in [6, 6.07) is 21.6. The number of nitrogens with zero attached hydrogens (tertiary/aromatic N) is 1. The molecule has 0 fully saturated rings. The van der Waals surface area contributed by atoms with Crippen LogP contribution in [0.1, 0.15) is 24.9 Å². The standard InChI is InChI=1S/C23H22Cl2N2O3S/c1-2-22(17-9-5-3-6-10-17)26-23(28)16-27(20-14-18(24)13-19(25)15-20)31(29,30)21-11-7-4-8-12-21/h3-15,22H,2,16H2,1H3,(H,26,28)/t22-/m0/s1. The lowest BCUT2D eigenvalue weighted by Gasteiger charge is -2.26. The van der Waals surface area contributed by atoms with Crippen LogP contribution in [0.15, 0.2) is 83.8 Å². The molecule has 0 saturated carbocycles. The summed E-state index contributed by atoms with van der Waals surface area (Å²) in [6.07, 6.45) is 0.657. The van der Waals surface area contributed by atoms with Crippen molar-refractivity contribution < 1.29 is 13.2 Å². The van der Waals surface area contributed by atoms with Crippen molar-refractivity contribution in [2.75, 3.05) is 10.8 Å². The summed E-state index contributed by atoms with van der Waals surface area (Å²) in [4.78, 5) is 13.0. The van der Waals surface area contributed by atoms with E-state index in [-0.39, 0.29) is 26.7 Å². The maximum atomic E-state index is 13.4. The minimum absolute atomic E-state index is 0.0639. The third kappa shape index (κ3) is 5.79. The Hall–Kier alpha value is -2.54. The van der Waals surface area contributed by atoms with Crippen molar-refractivity contribution in [3.63, 3.8) is 0 Å². The summed E-state index contributed by atoms with van der Waals surface area (Å²) < 4.78 is 27.8. The largest absolute Gasteiger partial charge is 0.348 e. The van der Waals surface area contributed by atoms with E-state index in [4.69, 9.17) is 23.2 Å². The van der Waals surface area contributed by atoms with Gasteiger partial charge in [0.15, 0.2) is 0 Å². The Morgan fingerprint density at radius 1 is 0.935 bits per heavy atom. The number of carbonyl (C=O) groups excluding carboxylic acids is 1. The lowest BCUT2D eigenvalue weighted by molar-refractivity contribution is -0.120. The Labute approximate surface area is 192 Å². The van der Waals surface area contributed by atoms with Gasteiger partial charge in [-0.05, 0) is 42.3 Å². The monoisotopic (exact) mass is 476 g/mol. The smallest absolute Gasteiger partial charge is 0.264 e. The molecule has 8 heteroatoms. The van der Waals surface area contributed by atoms with Crippen LogP contribution < -0.4 is 9.62 Å². The van der Waals surface area contributed by atoms with Gasteiger partial charge in [0, 0.05) is 10.0 Å². The van der Waals surface area contributed by atoms with Gasteiger partial charge < -0.3 is 5.32 Å². The number of hydrogen-bond acceptors (Lipinski definition) is 3. The van der Waals surface area contributed by atoms with Gasteiger partial charge in [-0.3, -0.25) is 9.10 Å². The van der Waals surface area contributed by atoms with Crippen LogP contribution in [-0.4, -0.2) is 20.9 Å². The second kappa shape index (κ2) is 10.2. The van der Waals surface area contributed by atoms with E-state index in [9.17, 15) is 13.2 Å². The van der Waals surface area contributed by atoms with Gasteiger partial charge >= 0.3 is 0 Å². The Kier molecular flexibility index (Phi) is 7.59. The van der Waals surface area contributed by atoms with Gasteiger partial charge in [-0.2, -0.15) is 0 Å². The molecule has 0 saturated heterocycles. The van der Waals surface area contributed by atoms with Crippen molar-refractivity contribution in [1.29, 1.82) is 0 Å². The first-order valence-electron chi connectivity index (χ1n) is 9.69. The first-order valence-corrected chi connectivity index (χ1v) is 11.9. The molecule has 31 heavy (non-hydrogen) atoms. The van der Waals surface area contributed by atoms with E-state index in [1.807, 2.05) is 37.3 Å². The first-order chi connectivity index (χ1) is 14.8. The molecule has 0 spiro atoms. The summed E-state index contributed by atoms with van der Waals surface area (Å²) in [5.74, 6) is -0.439. The summed E-state index contributed by atoms with van der Waals surface area (Å²) in [5.41, 5.74) is 1.16. The van der Waals surface area contributed by atoms with Gasteiger partial charge in [0.25, 0.3) is 10.0 Å². The van der Waals surface area contributed by atoms with E-state index in [0.29, 0.717) is 6.42 Å². The maximum Gasteiger partial charge on any atom is 0.264 e. The van der Waals surface area contributed by atoms with E-state index in [1.54, 1.807) is 18.2 Å². The number of carbonyl (C=O) groups is 1. The van der Waals surface area contributed by atoms with Crippen LogP contribution in [0.3, 0.4) is 0 Å². The number of halogens is 2. The molecule has 0 aliphatic heterocycles. The number of sulfonamides is 1. The van der Waals surface area contributed by atoms with Gasteiger partial charge in [-0.15, -0.1) is 0 Å². The molecule has 1 amide bonds. The molecule has 0 aliphatic carbocycles. The van der Waals surface area contributed by atoms with E-state index in [0.717, 1.165) is 9.87 Å². The molecule has 3 aromatic rings. The molecule has 3 rings (SSSR count). The number of amides is 1. The normalized spacial score (nSPS) is 12.2. The van der Waals surface area contributed by atoms with Crippen LogP contribution in [0, 0.1) is 0 Å². The average molecular weight is 477 g/mol. The Balaban J connectivity index is 1.94. The Morgan fingerprint density at radius 2 is 1.48 bits per heavy atom. The minimum atomic E-state index is -4.03. The topological polar surface area (TPSA) is 66.5 Å². The molecule has 162 valence electrons. The predicted molar refractivity (Wildman–Crippen MR) is 125 cm³/mol. The quantitative estimate of drug-likeness (QED) is 0.469. The summed E-state index contributed by atoms with van der Waals surface area (Å²) in [7, 11) is -4.03. The Morgan fingerprint density at radius 3 is 2.03 bits per heavy atom. The lowest BCUT2D eigenvalue weighted by Crippen LogP contribution is -2.42.